The summed E-state index contributed by atoms with van der Waals surface area (Å²) in [7, 11) is -4.83. The summed E-state index contributed by atoms with van der Waals surface area (Å²) in [5.74, 6) is -5.27. The van der Waals surface area contributed by atoms with Crippen LogP contribution in [-0.2, 0) is 29.6 Å². The smallest absolute Gasteiger partial charge is 0.362 e. The summed E-state index contributed by atoms with van der Waals surface area (Å²) in [4.78, 5) is 24.1. The molecule has 40 heavy (non-hydrogen) atoms. The van der Waals surface area contributed by atoms with Crippen molar-refractivity contribution < 1.29 is 51.3 Å². The number of aliphatic hydroxyl groups excluding tert-OH is 3. The molecule has 0 spiro atoms. The molecule has 1 saturated heterocycles. The number of aromatic nitrogens is 4. The Morgan fingerprint density at radius 2 is 1.90 bits per heavy atom. The fourth-order valence-electron chi connectivity index (χ4n) is 4.84. The first-order chi connectivity index (χ1) is 18.8. The van der Waals surface area contributed by atoms with E-state index in [1.165, 1.54) is 39.9 Å². The number of nitrogens with zero attached hydrogens (tertiary/aromatic N) is 4. The van der Waals surface area contributed by atoms with E-state index in [1.807, 2.05) is 0 Å². The molecular weight excluding hydrogens is 562 g/mol. The maximum Gasteiger partial charge on any atom is 0.362 e. The molecule has 3 heterocycles. The lowest BCUT2D eigenvalue weighted by Crippen LogP contribution is -2.45. The van der Waals surface area contributed by atoms with Crippen molar-refractivity contribution in [3.63, 3.8) is 0 Å². The Morgan fingerprint density at radius 3 is 2.65 bits per heavy atom. The Morgan fingerprint density at radius 1 is 1.18 bits per heavy atom. The van der Waals surface area contributed by atoms with Gasteiger partial charge >= 0.3 is 16.2 Å². The Labute approximate surface area is 224 Å². The highest BCUT2D eigenvalue weighted by Gasteiger charge is 2.64. The van der Waals surface area contributed by atoms with Crippen LogP contribution < -0.4 is 10.5 Å². The topological polar surface area (TPSA) is 232 Å². The van der Waals surface area contributed by atoms with Crippen LogP contribution in [0.25, 0.3) is 11.2 Å². The van der Waals surface area contributed by atoms with Crippen molar-refractivity contribution in [3.05, 3.63) is 48.0 Å². The number of benzene rings is 1. The van der Waals surface area contributed by atoms with E-state index in [4.69, 9.17) is 14.7 Å². The fraction of sp³-hybridized carbons (Fsp3) is 0.455. The number of nitrogen functional groups attached to an aromatic ring is 1. The molecule has 15 nitrogen and oxygen atoms in total. The Hall–Kier alpha value is -3.39. The highest BCUT2D eigenvalue weighted by molar-refractivity contribution is 7.85. The van der Waals surface area contributed by atoms with Gasteiger partial charge in [0.1, 0.15) is 36.3 Å². The molecule has 3 aromatic rings. The predicted octanol–water partition coefficient (Wildman–Crippen LogP) is -1.24. The van der Waals surface area contributed by atoms with Gasteiger partial charge in [-0.3, -0.25) is 13.5 Å². The zero-order valence-corrected chi connectivity index (χ0v) is 21.1. The van der Waals surface area contributed by atoms with Crippen molar-refractivity contribution >= 4 is 33.2 Å². The number of amides is 1. The molecule has 5 rings (SSSR count). The number of rotatable bonds is 8. The minimum absolute atomic E-state index is 0.0580. The van der Waals surface area contributed by atoms with Crippen LogP contribution in [0.3, 0.4) is 0 Å². The minimum Gasteiger partial charge on any atom is -0.387 e. The summed E-state index contributed by atoms with van der Waals surface area (Å²) >= 11 is 0. The third kappa shape index (κ3) is 4.56. The lowest BCUT2D eigenvalue weighted by molar-refractivity contribution is -0.226. The third-order valence-electron chi connectivity index (χ3n) is 6.93. The Kier molecular flexibility index (Phi) is 6.97. The molecule has 0 radical (unpaired) electrons. The van der Waals surface area contributed by atoms with Gasteiger partial charge in [-0.1, -0.05) is 24.3 Å². The highest BCUT2D eigenvalue weighted by Crippen LogP contribution is 2.56. The van der Waals surface area contributed by atoms with Crippen molar-refractivity contribution in [1.82, 2.24) is 24.2 Å². The number of anilines is 1. The van der Waals surface area contributed by atoms with Crippen LogP contribution in [0.4, 0.5) is 14.6 Å². The van der Waals surface area contributed by atoms with Gasteiger partial charge in [-0.15, -0.1) is 0 Å². The van der Waals surface area contributed by atoms with Crippen molar-refractivity contribution in [1.29, 1.82) is 0 Å². The van der Waals surface area contributed by atoms with Gasteiger partial charge in [-0.2, -0.15) is 17.2 Å². The monoisotopic (exact) mass is 586 g/mol. The molecule has 1 aromatic carbocycles. The van der Waals surface area contributed by atoms with E-state index < -0.39 is 77.8 Å². The van der Waals surface area contributed by atoms with Crippen molar-refractivity contribution in [2.75, 3.05) is 12.3 Å². The number of aliphatic hydroxyl groups is 4. The third-order valence-corrected chi connectivity index (χ3v) is 7.86. The number of halogens is 2. The summed E-state index contributed by atoms with van der Waals surface area (Å²) in [5.41, 5.74) is 2.70. The quantitative estimate of drug-likeness (QED) is 0.181. The average Bonchev–Trinajstić information content (AvgIpc) is 3.50. The number of ether oxygens (including phenoxy) is 1. The van der Waals surface area contributed by atoms with Crippen LogP contribution in [-0.4, -0.2) is 85.1 Å². The van der Waals surface area contributed by atoms with Gasteiger partial charge in [0, 0.05) is 6.42 Å². The second-order valence-electron chi connectivity index (χ2n) is 9.37. The molecule has 1 amide bonds. The first-order valence-corrected chi connectivity index (χ1v) is 13.2. The fourth-order valence-corrected chi connectivity index (χ4v) is 5.59. The second-order valence-corrected chi connectivity index (χ2v) is 10.7. The largest absolute Gasteiger partial charge is 0.387 e. The molecule has 6 atom stereocenters. The Balaban J connectivity index is 1.20. The number of fused-ring (bicyclic) bond motifs is 2. The number of nitrogens with one attached hydrogen (secondary N) is 1. The van der Waals surface area contributed by atoms with Gasteiger partial charge in [0.25, 0.3) is 0 Å². The minimum atomic E-state index is -4.83. The summed E-state index contributed by atoms with van der Waals surface area (Å²) in [6, 6.07) is 5.16. The van der Waals surface area contributed by atoms with Crippen LogP contribution in [0.15, 0.2) is 36.9 Å². The van der Waals surface area contributed by atoms with E-state index >= 15 is 0 Å². The number of imidazole rings is 1. The van der Waals surface area contributed by atoms with Gasteiger partial charge in [-0.05, 0) is 17.5 Å². The number of carbonyl (C=O) groups excluding carboxylic acids is 1. The van der Waals surface area contributed by atoms with Gasteiger partial charge < -0.3 is 30.9 Å². The highest BCUT2D eigenvalue weighted by atomic mass is 32.2. The van der Waals surface area contributed by atoms with Crippen LogP contribution in [0.2, 0.25) is 0 Å². The van der Waals surface area contributed by atoms with Crippen LogP contribution >= 0.6 is 0 Å². The van der Waals surface area contributed by atoms with Crippen LogP contribution in [0, 0.1) is 0 Å². The molecule has 1 aliphatic heterocycles. The van der Waals surface area contributed by atoms with Crippen LogP contribution in [0.1, 0.15) is 36.3 Å². The van der Waals surface area contributed by atoms with E-state index in [9.17, 15) is 42.4 Å². The second kappa shape index (κ2) is 9.91. The molecule has 2 aliphatic rings. The average molecular weight is 587 g/mol. The summed E-state index contributed by atoms with van der Waals surface area (Å²) in [6.07, 6.45) is -7.56. The number of nitrogens with two attached hydrogens (primary N) is 1. The van der Waals surface area contributed by atoms with E-state index in [0.29, 0.717) is 0 Å². The zero-order valence-electron chi connectivity index (χ0n) is 20.3. The molecule has 1 aliphatic carbocycles. The van der Waals surface area contributed by atoms with Crippen molar-refractivity contribution in [3.8, 4) is 0 Å². The van der Waals surface area contributed by atoms with Crippen molar-refractivity contribution in [2.45, 2.75) is 55.0 Å². The molecule has 18 heteroatoms. The molecule has 2 aromatic heterocycles. The molecule has 216 valence electrons. The van der Waals surface area contributed by atoms with Crippen molar-refractivity contribution in [2.24, 2.45) is 0 Å². The van der Waals surface area contributed by atoms with E-state index in [-0.39, 0.29) is 28.1 Å². The zero-order chi connectivity index (χ0) is 29.0. The molecule has 2 unspecified atom stereocenters. The number of carbonyl (C=O) groups is 1. The van der Waals surface area contributed by atoms with E-state index in [1.54, 1.807) is 0 Å². The van der Waals surface area contributed by atoms with E-state index in [2.05, 4.69) is 15.0 Å². The molecular formula is C22H24F2N6O9S. The molecule has 7 N–H and O–H groups in total. The first-order valence-electron chi connectivity index (χ1n) is 11.8. The predicted molar refractivity (Wildman–Crippen MR) is 128 cm³/mol. The van der Waals surface area contributed by atoms with Crippen LogP contribution in [0.5, 0.6) is 0 Å². The molecule has 0 saturated carbocycles. The molecule has 1 fully saturated rings. The maximum atomic E-state index is 14.7. The van der Waals surface area contributed by atoms with E-state index in [0.717, 1.165) is 6.33 Å². The maximum absolute atomic E-state index is 14.7. The summed E-state index contributed by atoms with van der Waals surface area (Å²) in [6.45, 7) is -0.845. The van der Waals surface area contributed by atoms with Gasteiger partial charge in [-0.25, -0.2) is 19.7 Å². The number of hydrogen-bond acceptors (Lipinski definition) is 13. The standard InChI is InChI=1S/C22H24F2N6O9S/c23-22(24)17(34)10-3-1-2-4-11(10)21(22,35)6-5-13(31)29-40(36,37)38-7-12-15(32)16(33)20(39-12)30-9-28-14-18(25)26-8-27-19(14)30/h1-4,8-9,12,15-17,20,32-35H,5-7H2,(H,29,31)(H2,25,26,27)/t12-,15-,16-,17?,20-,21?/m1/s1. The number of alkyl halides is 2. The lowest BCUT2D eigenvalue weighted by Gasteiger charge is -2.31. The van der Waals surface area contributed by atoms with Gasteiger partial charge in [0.15, 0.2) is 23.3 Å². The summed E-state index contributed by atoms with van der Waals surface area (Å²) < 4.78 is 67.1. The number of hydrogen-bond donors (Lipinski definition) is 6. The first kappa shape index (κ1) is 28.1. The summed E-state index contributed by atoms with van der Waals surface area (Å²) in [5, 5.41) is 41.5. The van der Waals surface area contributed by atoms with Gasteiger partial charge in [0.2, 0.25) is 5.91 Å². The molecule has 0 bridgehead atoms. The van der Waals surface area contributed by atoms with Gasteiger partial charge in [0.05, 0.1) is 12.9 Å². The normalized spacial score (nSPS) is 29.5. The lowest BCUT2D eigenvalue weighted by atomic mass is 9.88. The SMILES string of the molecule is Nc1ncnc2c1ncn2[C@@H]1O[C@H](COS(=O)(=O)NC(=O)CCC2(O)c3ccccc3C(O)C2(F)F)[C@@H](O)[C@H]1O. The Bertz CT molecular complexity index is 1560.